The van der Waals surface area contributed by atoms with E-state index in [1.807, 2.05) is 0 Å². The van der Waals surface area contributed by atoms with E-state index in [1.165, 1.54) is 25.3 Å². The molecule has 1 aliphatic rings. The molecule has 21 heavy (non-hydrogen) atoms. The number of rotatable bonds is 4. The highest BCUT2D eigenvalue weighted by Gasteiger charge is 2.40. The first kappa shape index (κ1) is 14.9. The van der Waals surface area contributed by atoms with Crippen molar-refractivity contribution in [1.82, 2.24) is 0 Å². The van der Waals surface area contributed by atoms with E-state index in [0.717, 1.165) is 0 Å². The minimum atomic E-state index is -1.02. The number of nitro benzene ring substituents is 1. The van der Waals surface area contributed by atoms with Gasteiger partial charge in [0.05, 0.1) is 17.4 Å². The smallest absolute Gasteiger partial charge is 0.316 e. The van der Waals surface area contributed by atoms with Crippen molar-refractivity contribution in [3.63, 3.8) is 0 Å². The van der Waals surface area contributed by atoms with Crippen LogP contribution in [-0.4, -0.2) is 23.8 Å². The van der Waals surface area contributed by atoms with Gasteiger partial charge >= 0.3 is 5.97 Å². The zero-order valence-electron chi connectivity index (χ0n) is 11.6. The van der Waals surface area contributed by atoms with E-state index in [0.29, 0.717) is 12.0 Å². The third-order valence-electron chi connectivity index (χ3n) is 3.69. The molecule has 0 N–H and O–H groups in total. The zero-order valence-corrected chi connectivity index (χ0v) is 11.6. The summed E-state index contributed by atoms with van der Waals surface area (Å²) in [6, 6.07) is 6.28. The molecule has 0 bridgehead atoms. The van der Waals surface area contributed by atoms with Crippen LogP contribution in [0.4, 0.5) is 5.69 Å². The first-order chi connectivity index (χ1) is 9.98. The molecule has 2 rings (SSSR count). The highest BCUT2D eigenvalue weighted by atomic mass is 16.6. The van der Waals surface area contributed by atoms with Gasteiger partial charge in [-0.1, -0.05) is 24.3 Å². The number of para-hydroxylation sites is 1. The van der Waals surface area contributed by atoms with Crippen LogP contribution in [0.2, 0.25) is 0 Å². The highest BCUT2D eigenvalue weighted by molar-refractivity contribution is 5.93. The van der Waals surface area contributed by atoms with Crippen molar-refractivity contribution < 1.29 is 19.2 Å². The number of benzene rings is 1. The van der Waals surface area contributed by atoms with Crippen molar-refractivity contribution in [2.75, 3.05) is 7.11 Å². The Bertz CT molecular complexity index is 622. The van der Waals surface area contributed by atoms with Crippen molar-refractivity contribution in [3.8, 4) is 0 Å². The highest BCUT2D eigenvalue weighted by Crippen LogP contribution is 2.37. The van der Waals surface area contributed by atoms with Gasteiger partial charge in [-0.05, 0) is 18.9 Å². The number of carbonyl (C=O) groups is 2. The summed E-state index contributed by atoms with van der Waals surface area (Å²) < 4.78 is 4.83. The van der Waals surface area contributed by atoms with Gasteiger partial charge in [-0.2, -0.15) is 0 Å². The molecule has 0 fully saturated rings. The van der Waals surface area contributed by atoms with Crippen molar-refractivity contribution in [2.45, 2.75) is 19.3 Å². The molecule has 0 heterocycles. The van der Waals surface area contributed by atoms with Gasteiger partial charge in [0.15, 0.2) is 5.78 Å². The molecule has 0 amide bonds. The van der Waals surface area contributed by atoms with Crippen LogP contribution in [0.5, 0.6) is 0 Å². The lowest BCUT2D eigenvalue weighted by molar-refractivity contribution is -0.385. The Morgan fingerprint density at radius 1 is 1.43 bits per heavy atom. The summed E-state index contributed by atoms with van der Waals surface area (Å²) in [6.45, 7) is 0. The Morgan fingerprint density at radius 3 is 2.71 bits per heavy atom. The second kappa shape index (κ2) is 5.87. The van der Waals surface area contributed by atoms with Crippen LogP contribution < -0.4 is 0 Å². The van der Waals surface area contributed by atoms with Crippen LogP contribution in [0, 0.1) is 15.5 Å². The van der Waals surface area contributed by atoms with Crippen LogP contribution >= 0.6 is 0 Å². The van der Waals surface area contributed by atoms with Crippen LogP contribution in [0.25, 0.3) is 0 Å². The fraction of sp³-hybridized carbons (Fsp3) is 0.333. The lowest BCUT2D eigenvalue weighted by atomic mass is 9.74. The Kier molecular flexibility index (Phi) is 4.16. The number of esters is 1. The third kappa shape index (κ3) is 2.99. The zero-order chi connectivity index (χ0) is 15.5. The lowest BCUT2D eigenvalue weighted by Gasteiger charge is -2.29. The van der Waals surface area contributed by atoms with Gasteiger partial charge in [0.1, 0.15) is 0 Å². The summed E-state index contributed by atoms with van der Waals surface area (Å²) in [5.41, 5.74) is -0.604. The van der Waals surface area contributed by atoms with Crippen molar-refractivity contribution in [3.05, 3.63) is 52.1 Å². The summed E-state index contributed by atoms with van der Waals surface area (Å²) in [7, 11) is 1.27. The fourth-order valence-electron chi connectivity index (χ4n) is 2.54. The molecule has 110 valence electrons. The Morgan fingerprint density at radius 2 is 2.14 bits per heavy atom. The minimum Gasteiger partial charge on any atom is -0.468 e. The minimum absolute atomic E-state index is 0.0360. The van der Waals surface area contributed by atoms with Gasteiger partial charge in [-0.25, -0.2) is 0 Å². The van der Waals surface area contributed by atoms with E-state index in [9.17, 15) is 19.7 Å². The number of nitrogens with zero attached hydrogens (tertiary/aromatic N) is 1. The first-order valence-electron chi connectivity index (χ1n) is 6.51. The van der Waals surface area contributed by atoms with E-state index < -0.39 is 16.3 Å². The first-order valence-corrected chi connectivity index (χ1v) is 6.51. The number of nitro groups is 1. The van der Waals surface area contributed by atoms with Crippen LogP contribution in [0.3, 0.4) is 0 Å². The summed E-state index contributed by atoms with van der Waals surface area (Å²) >= 11 is 0. The van der Waals surface area contributed by atoms with E-state index in [2.05, 4.69) is 0 Å². The molecule has 0 aliphatic heterocycles. The van der Waals surface area contributed by atoms with E-state index >= 15 is 0 Å². The predicted octanol–water partition coefficient (Wildman–Crippen LogP) is 2.22. The fourth-order valence-corrected chi connectivity index (χ4v) is 2.54. The molecule has 0 aromatic heterocycles. The Hall–Kier alpha value is -2.50. The summed E-state index contributed by atoms with van der Waals surface area (Å²) in [5, 5.41) is 11.1. The van der Waals surface area contributed by atoms with Gasteiger partial charge < -0.3 is 4.74 Å². The number of allylic oxidation sites excluding steroid dienone is 1. The van der Waals surface area contributed by atoms with Gasteiger partial charge in [0, 0.05) is 18.1 Å². The van der Waals surface area contributed by atoms with Crippen molar-refractivity contribution in [2.24, 2.45) is 5.41 Å². The van der Waals surface area contributed by atoms with Gasteiger partial charge in [0.25, 0.3) is 5.69 Å². The lowest BCUT2D eigenvalue weighted by Crippen LogP contribution is -2.35. The molecular weight excluding hydrogens is 274 g/mol. The van der Waals surface area contributed by atoms with E-state index in [4.69, 9.17) is 4.74 Å². The second-order valence-electron chi connectivity index (χ2n) is 5.01. The SMILES string of the molecule is COC(=O)C1(Cc2ccccc2[N+](=O)[O-])C=CC(=O)CC1. The molecule has 0 saturated heterocycles. The van der Waals surface area contributed by atoms with Gasteiger partial charge in [0.2, 0.25) is 0 Å². The number of carbonyl (C=O) groups excluding carboxylic acids is 2. The number of ether oxygens (including phenoxy) is 1. The number of hydrogen-bond acceptors (Lipinski definition) is 5. The van der Waals surface area contributed by atoms with Gasteiger partial charge in [-0.15, -0.1) is 0 Å². The quantitative estimate of drug-likeness (QED) is 0.482. The standard InChI is InChI=1S/C15H15NO5/c1-21-14(18)15(8-6-12(17)7-9-15)10-11-4-2-3-5-13(11)16(19)20/h2-6,8H,7,9-10H2,1H3. The molecule has 1 unspecified atom stereocenters. The topological polar surface area (TPSA) is 86.5 Å². The van der Waals surface area contributed by atoms with E-state index in [1.54, 1.807) is 18.2 Å². The number of ketones is 1. The molecule has 1 aromatic rings. The molecule has 6 heteroatoms. The largest absolute Gasteiger partial charge is 0.468 e. The average molecular weight is 289 g/mol. The molecule has 6 nitrogen and oxygen atoms in total. The average Bonchev–Trinajstić information content (AvgIpc) is 2.49. The maximum atomic E-state index is 12.1. The molecule has 0 saturated carbocycles. The predicted molar refractivity (Wildman–Crippen MR) is 74.6 cm³/mol. The number of methoxy groups -OCH3 is 1. The van der Waals surface area contributed by atoms with E-state index in [-0.39, 0.29) is 24.3 Å². The van der Waals surface area contributed by atoms with Crippen molar-refractivity contribution >= 4 is 17.4 Å². The molecule has 0 spiro atoms. The summed E-state index contributed by atoms with van der Waals surface area (Å²) in [5.74, 6) is -0.540. The molecule has 0 radical (unpaired) electrons. The maximum Gasteiger partial charge on any atom is 0.316 e. The maximum absolute atomic E-state index is 12.1. The second-order valence-corrected chi connectivity index (χ2v) is 5.01. The molecule has 1 atom stereocenters. The summed E-state index contributed by atoms with van der Waals surface area (Å²) in [6.07, 6.45) is 3.53. The molecular formula is C15H15NO5. The van der Waals surface area contributed by atoms with Crippen LogP contribution in [0.1, 0.15) is 18.4 Å². The Balaban J connectivity index is 2.42. The summed E-state index contributed by atoms with van der Waals surface area (Å²) in [4.78, 5) is 34.1. The number of hydrogen-bond donors (Lipinski definition) is 0. The normalized spacial score (nSPS) is 21.1. The van der Waals surface area contributed by atoms with Crippen LogP contribution in [0.15, 0.2) is 36.4 Å². The van der Waals surface area contributed by atoms with Crippen LogP contribution in [-0.2, 0) is 20.7 Å². The molecule has 1 aromatic carbocycles. The van der Waals surface area contributed by atoms with Gasteiger partial charge in [-0.3, -0.25) is 19.7 Å². The Labute approximate surface area is 121 Å². The monoisotopic (exact) mass is 289 g/mol. The molecule has 1 aliphatic carbocycles. The third-order valence-corrected chi connectivity index (χ3v) is 3.69. The van der Waals surface area contributed by atoms with Crippen molar-refractivity contribution in [1.29, 1.82) is 0 Å².